The van der Waals surface area contributed by atoms with Gasteiger partial charge in [0.05, 0.1) is 13.2 Å². The second-order valence-corrected chi connectivity index (χ2v) is 8.40. The minimum atomic E-state index is -0.330. The Morgan fingerprint density at radius 2 is 0.781 bits per heavy atom. The van der Waals surface area contributed by atoms with Gasteiger partial charge in [0, 0.05) is 12.2 Å². The predicted octanol–water partition coefficient (Wildman–Crippen LogP) is 8.49. The fourth-order valence-electron chi connectivity index (χ4n) is 3.26. The molecule has 188 valence electrons. The van der Waals surface area contributed by atoms with Gasteiger partial charge < -0.3 is 9.47 Å². The van der Waals surface area contributed by atoms with E-state index in [0.29, 0.717) is 13.2 Å². The molecule has 0 spiro atoms. The smallest absolute Gasteiger partial charge is 0.330 e. The number of ether oxygens (including phenoxy) is 2. The molecule has 4 nitrogen and oxygen atoms in total. The number of hydrogen-bond donors (Lipinski definition) is 0. The first kappa shape index (κ1) is 32.6. The van der Waals surface area contributed by atoms with Gasteiger partial charge in [-0.15, -0.1) is 0 Å². The predicted molar refractivity (Wildman–Crippen MR) is 137 cm³/mol. The van der Waals surface area contributed by atoms with E-state index >= 15 is 0 Å². The van der Waals surface area contributed by atoms with Crippen molar-refractivity contribution in [3.05, 3.63) is 25.3 Å². The van der Waals surface area contributed by atoms with Crippen molar-refractivity contribution in [1.82, 2.24) is 0 Å². The lowest BCUT2D eigenvalue weighted by Crippen LogP contribution is -2.01. The van der Waals surface area contributed by atoms with E-state index in [2.05, 4.69) is 24.8 Å². The normalized spacial score (nSPS) is 10.1. The van der Waals surface area contributed by atoms with Crippen LogP contribution in [0.25, 0.3) is 0 Å². The number of carbonyl (C=O) groups is 2. The molecule has 0 unspecified atom stereocenters. The van der Waals surface area contributed by atoms with Crippen molar-refractivity contribution >= 4 is 11.9 Å². The zero-order valence-electron chi connectivity index (χ0n) is 21.3. The van der Waals surface area contributed by atoms with Crippen LogP contribution in [-0.2, 0) is 19.1 Å². The molecular formula is C28H52O4. The van der Waals surface area contributed by atoms with E-state index in [0.717, 1.165) is 19.3 Å². The number of unbranched alkanes of at least 4 members (excludes halogenated alkanes) is 16. The van der Waals surface area contributed by atoms with E-state index in [1.165, 1.54) is 108 Å². The molecule has 0 atom stereocenters. The summed E-state index contributed by atoms with van der Waals surface area (Å²) in [6, 6.07) is 0. The lowest BCUT2D eigenvalue weighted by molar-refractivity contribution is -0.138. The van der Waals surface area contributed by atoms with Crippen molar-refractivity contribution in [3.8, 4) is 0 Å². The van der Waals surface area contributed by atoms with Crippen LogP contribution in [0, 0.1) is 0 Å². The van der Waals surface area contributed by atoms with E-state index in [1.807, 2.05) is 6.92 Å². The molecule has 0 aliphatic heterocycles. The van der Waals surface area contributed by atoms with Gasteiger partial charge in [0.15, 0.2) is 0 Å². The third-order valence-electron chi connectivity index (χ3n) is 5.32. The molecule has 0 aliphatic carbocycles. The molecular weight excluding hydrogens is 400 g/mol. The van der Waals surface area contributed by atoms with Crippen LogP contribution in [0.5, 0.6) is 0 Å². The van der Waals surface area contributed by atoms with Crippen molar-refractivity contribution in [1.29, 1.82) is 0 Å². The molecule has 4 heteroatoms. The highest BCUT2D eigenvalue weighted by Gasteiger charge is 1.96. The van der Waals surface area contributed by atoms with Crippen LogP contribution in [0.2, 0.25) is 0 Å². The van der Waals surface area contributed by atoms with Gasteiger partial charge in [-0.25, -0.2) is 9.59 Å². The third kappa shape index (κ3) is 30.6. The molecule has 0 aromatic heterocycles. The van der Waals surface area contributed by atoms with Crippen molar-refractivity contribution < 1.29 is 19.1 Å². The Hall–Kier alpha value is -1.58. The summed E-state index contributed by atoms with van der Waals surface area (Å²) >= 11 is 0. The highest BCUT2D eigenvalue weighted by atomic mass is 16.5. The highest BCUT2D eigenvalue weighted by molar-refractivity contribution is 5.81. The van der Waals surface area contributed by atoms with E-state index in [9.17, 15) is 9.59 Å². The van der Waals surface area contributed by atoms with E-state index in [4.69, 9.17) is 4.74 Å². The van der Waals surface area contributed by atoms with Crippen molar-refractivity contribution in [2.75, 3.05) is 13.2 Å². The Kier molecular flexibility index (Phi) is 30.0. The van der Waals surface area contributed by atoms with E-state index in [1.54, 1.807) is 0 Å². The van der Waals surface area contributed by atoms with Gasteiger partial charge in [-0.2, -0.15) is 0 Å². The second kappa shape index (κ2) is 29.4. The lowest BCUT2D eigenvalue weighted by atomic mass is 10.0. The summed E-state index contributed by atoms with van der Waals surface area (Å²) in [5.74, 6) is -0.630. The zero-order valence-corrected chi connectivity index (χ0v) is 21.3. The number of esters is 2. The zero-order chi connectivity index (χ0) is 24.1. The van der Waals surface area contributed by atoms with Crippen LogP contribution in [0.4, 0.5) is 0 Å². The largest absolute Gasteiger partial charge is 0.463 e. The maximum absolute atomic E-state index is 10.8. The Balaban J connectivity index is 0. The average molecular weight is 453 g/mol. The Labute approximate surface area is 199 Å². The summed E-state index contributed by atoms with van der Waals surface area (Å²) in [6.07, 6.45) is 26.1. The Morgan fingerprint density at radius 1 is 0.500 bits per heavy atom. The summed E-state index contributed by atoms with van der Waals surface area (Å²) in [4.78, 5) is 21.2. The molecule has 0 aromatic carbocycles. The summed E-state index contributed by atoms with van der Waals surface area (Å²) in [6.45, 7) is 12.0. The van der Waals surface area contributed by atoms with E-state index < -0.39 is 0 Å². The molecule has 0 radical (unpaired) electrons. The average Bonchev–Trinajstić information content (AvgIpc) is 2.81. The van der Waals surface area contributed by atoms with Gasteiger partial charge in [-0.05, 0) is 12.8 Å². The van der Waals surface area contributed by atoms with Gasteiger partial charge in [0.1, 0.15) is 0 Å². The highest BCUT2D eigenvalue weighted by Crippen LogP contribution is 2.13. The molecule has 0 heterocycles. The van der Waals surface area contributed by atoms with Crippen molar-refractivity contribution in [2.24, 2.45) is 0 Å². The first-order valence-corrected chi connectivity index (χ1v) is 13.2. The van der Waals surface area contributed by atoms with Crippen LogP contribution >= 0.6 is 0 Å². The third-order valence-corrected chi connectivity index (χ3v) is 5.32. The molecule has 0 rings (SSSR count). The summed E-state index contributed by atoms with van der Waals surface area (Å²) in [5.41, 5.74) is 0. The van der Waals surface area contributed by atoms with Gasteiger partial charge in [0.2, 0.25) is 0 Å². The molecule has 0 aliphatic rings. The Morgan fingerprint density at radius 3 is 1.09 bits per heavy atom. The first-order valence-electron chi connectivity index (χ1n) is 13.2. The van der Waals surface area contributed by atoms with Crippen molar-refractivity contribution in [2.45, 2.75) is 129 Å². The second-order valence-electron chi connectivity index (χ2n) is 8.40. The molecule has 0 saturated carbocycles. The summed E-state index contributed by atoms with van der Waals surface area (Å²) < 4.78 is 9.63. The minimum absolute atomic E-state index is 0.300. The van der Waals surface area contributed by atoms with Crippen LogP contribution < -0.4 is 0 Å². The number of hydrogen-bond acceptors (Lipinski definition) is 4. The maximum Gasteiger partial charge on any atom is 0.330 e. The fraction of sp³-hybridized carbons (Fsp3) is 0.786. The molecule has 0 amide bonds. The molecule has 0 aromatic rings. The quantitative estimate of drug-likeness (QED) is 0.0938. The van der Waals surface area contributed by atoms with Crippen molar-refractivity contribution in [3.63, 3.8) is 0 Å². The molecule has 0 N–H and O–H groups in total. The maximum atomic E-state index is 10.8. The SMILES string of the molecule is C=CC(=O)OCCCC.C=CC(=O)OCCCCCCCCCCCCCCCCCC. The molecule has 0 bridgehead atoms. The van der Waals surface area contributed by atoms with Gasteiger partial charge in [-0.1, -0.05) is 130 Å². The molecule has 32 heavy (non-hydrogen) atoms. The number of carbonyl (C=O) groups excluding carboxylic acids is 2. The molecule has 0 fully saturated rings. The van der Waals surface area contributed by atoms with Crippen LogP contribution in [0.15, 0.2) is 25.3 Å². The topological polar surface area (TPSA) is 52.6 Å². The van der Waals surface area contributed by atoms with Crippen LogP contribution in [0.1, 0.15) is 129 Å². The van der Waals surface area contributed by atoms with Gasteiger partial charge in [0.25, 0.3) is 0 Å². The summed E-state index contributed by atoms with van der Waals surface area (Å²) in [7, 11) is 0. The number of rotatable bonds is 22. The fourth-order valence-corrected chi connectivity index (χ4v) is 3.26. The monoisotopic (exact) mass is 452 g/mol. The minimum Gasteiger partial charge on any atom is -0.463 e. The first-order chi connectivity index (χ1) is 15.6. The van der Waals surface area contributed by atoms with Gasteiger partial charge in [-0.3, -0.25) is 0 Å². The lowest BCUT2D eigenvalue weighted by Gasteiger charge is -2.04. The standard InChI is InChI=1S/C21H40O2.C7H12O2/c1-3-5-6-7-8-9-10-11-12-13-14-15-16-17-18-19-20-23-21(22)4-2;1-3-5-6-9-7(8)4-2/h4H,2-3,5-20H2,1H3;4H,2-3,5-6H2,1H3. The molecule has 0 saturated heterocycles. The van der Waals surface area contributed by atoms with Crippen LogP contribution in [-0.4, -0.2) is 25.2 Å². The van der Waals surface area contributed by atoms with E-state index in [-0.39, 0.29) is 11.9 Å². The van der Waals surface area contributed by atoms with Crippen LogP contribution in [0.3, 0.4) is 0 Å². The van der Waals surface area contributed by atoms with Gasteiger partial charge >= 0.3 is 11.9 Å². The Bertz CT molecular complexity index is 431. The summed E-state index contributed by atoms with van der Waals surface area (Å²) in [5, 5.41) is 0.